The minimum absolute atomic E-state index is 0.139. The van der Waals surface area contributed by atoms with Crippen LogP contribution in [-0.2, 0) is 9.59 Å². The van der Waals surface area contributed by atoms with Crippen LogP contribution >= 0.6 is 0 Å². The van der Waals surface area contributed by atoms with E-state index in [0.29, 0.717) is 11.3 Å². The predicted molar refractivity (Wildman–Crippen MR) is 71.4 cm³/mol. The summed E-state index contributed by atoms with van der Waals surface area (Å²) in [6.45, 7) is 0. The predicted octanol–water partition coefficient (Wildman–Crippen LogP) is 1.87. The largest absolute Gasteiger partial charge is 0.274 e. The SMILES string of the molecule is N#Cc1ccccc1N1C(=O)[C@@H]2[C@@H](C1=O)[C@H]1C=C[C@H]2C1. The van der Waals surface area contributed by atoms with Crippen molar-refractivity contribution in [1.82, 2.24) is 0 Å². The van der Waals surface area contributed by atoms with Gasteiger partial charge in [0.25, 0.3) is 0 Å². The van der Waals surface area contributed by atoms with E-state index in [0.717, 1.165) is 6.42 Å². The van der Waals surface area contributed by atoms with E-state index in [1.165, 1.54) is 4.90 Å². The number of hydrogen-bond acceptors (Lipinski definition) is 3. The smallest absolute Gasteiger partial charge is 0.238 e. The van der Waals surface area contributed by atoms with Gasteiger partial charge in [0.1, 0.15) is 6.07 Å². The maximum Gasteiger partial charge on any atom is 0.238 e. The molecule has 4 rings (SSSR count). The van der Waals surface area contributed by atoms with Crippen molar-refractivity contribution < 1.29 is 9.59 Å². The molecule has 1 saturated carbocycles. The van der Waals surface area contributed by atoms with Crippen molar-refractivity contribution in [3.05, 3.63) is 42.0 Å². The molecule has 20 heavy (non-hydrogen) atoms. The number of anilines is 1. The van der Waals surface area contributed by atoms with Gasteiger partial charge >= 0.3 is 0 Å². The molecule has 2 bridgehead atoms. The van der Waals surface area contributed by atoms with Crippen molar-refractivity contribution in [3.63, 3.8) is 0 Å². The van der Waals surface area contributed by atoms with Crippen LogP contribution in [0.2, 0.25) is 0 Å². The number of para-hydroxylation sites is 1. The zero-order valence-corrected chi connectivity index (χ0v) is 10.7. The van der Waals surface area contributed by atoms with Crippen LogP contribution in [0.3, 0.4) is 0 Å². The van der Waals surface area contributed by atoms with Gasteiger partial charge in [-0.3, -0.25) is 9.59 Å². The number of carbonyl (C=O) groups is 2. The summed E-state index contributed by atoms with van der Waals surface area (Å²) in [6, 6.07) is 8.85. The lowest BCUT2D eigenvalue weighted by Crippen LogP contribution is -2.33. The highest BCUT2D eigenvalue weighted by atomic mass is 16.2. The Morgan fingerprint density at radius 1 is 1.05 bits per heavy atom. The molecule has 1 saturated heterocycles. The van der Waals surface area contributed by atoms with Crippen LogP contribution < -0.4 is 4.90 Å². The van der Waals surface area contributed by atoms with Crippen molar-refractivity contribution in [2.75, 3.05) is 4.90 Å². The normalized spacial score (nSPS) is 33.6. The molecule has 1 heterocycles. The highest BCUT2D eigenvalue weighted by Gasteiger charge is 2.59. The molecule has 98 valence electrons. The molecule has 0 spiro atoms. The first-order chi connectivity index (χ1) is 9.72. The van der Waals surface area contributed by atoms with Crippen LogP contribution in [0.25, 0.3) is 0 Å². The third kappa shape index (κ3) is 1.25. The van der Waals surface area contributed by atoms with Gasteiger partial charge < -0.3 is 0 Å². The van der Waals surface area contributed by atoms with Crippen molar-refractivity contribution >= 4 is 17.5 Å². The van der Waals surface area contributed by atoms with E-state index in [1.807, 2.05) is 0 Å². The van der Waals surface area contributed by atoms with Crippen LogP contribution in [0.1, 0.15) is 12.0 Å². The summed E-state index contributed by atoms with van der Waals surface area (Å²) in [5.74, 6) is -0.325. The number of allylic oxidation sites excluding steroid dienone is 2. The highest BCUT2D eigenvalue weighted by molar-refractivity contribution is 6.23. The lowest BCUT2D eigenvalue weighted by Gasteiger charge is -2.18. The molecule has 4 nitrogen and oxygen atoms in total. The summed E-state index contributed by atoms with van der Waals surface area (Å²) in [5.41, 5.74) is 0.799. The van der Waals surface area contributed by atoms with E-state index in [-0.39, 0.29) is 35.5 Å². The summed E-state index contributed by atoms with van der Waals surface area (Å²) in [7, 11) is 0. The molecular formula is C16H12N2O2. The minimum atomic E-state index is -0.218. The van der Waals surface area contributed by atoms with Gasteiger partial charge in [0.2, 0.25) is 11.8 Å². The Hall–Kier alpha value is -2.41. The minimum Gasteiger partial charge on any atom is -0.274 e. The van der Waals surface area contributed by atoms with Crippen LogP contribution in [-0.4, -0.2) is 11.8 Å². The van der Waals surface area contributed by atoms with Crippen molar-refractivity contribution in [3.8, 4) is 6.07 Å². The summed E-state index contributed by atoms with van der Waals surface area (Å²) >= 11 is 0. The van der Waals surface area contributed by atoms with E-state index >= 15 is 0 Å². The van der Waals surface area contributed by atoms with Gasteiger partial charge in [-0.05, 0) is 30.4 Å². The van der Waals surface area contributed by atoms with Gasteiger partial charge in [-0.15, -0.1) is 0 Å². The second kappa shape index (κ2) is 3.80. The summed E-state index contributed by atoms with van der Waals surface area (Å²) in [5, 5.41) is 9.16. The molecule has 0 N–H and O–H groups in total. The van der Waals surface area contributed by atoms with E-state index in [9.17, 15) is 9.59 Å². The fourth-order valence-electron chi connectivity index (χ4n) is 3.90. The Morgan fingerprint density at radius 3 is 2.25 bits per heavy atom. The number of carbonyl (C=O) groups excluding carboxylic acids is 2. The molecular weight excluding hydrogens is 252 g/mol. The van der Waals surface area contributed by atoms with Gasteiger partial charge in [-0.2, -0.15) is 5.26 Å². The van der Waals surface area contributed by atoms with E-state index < -0.39 is 0 Å². The van der Waals surface area contributed by atoms with Gasteiger partial charge in [0.05, 0.1) is 23.1 Å². The van der Waals surface area contributed by atoms with Gasteiger partial charge in [-0.1, -0.05) is 24.3 Å². The number of benzene rings is 1. The quantitative estimate of drug-likeness (QED) is 0.574. The molecule has 0 radical (unpaired) electrons. The zero-order valence-electron chi connectivity index (χ0n) is 10.7. The molecule has 3 aliphatic rings. The second-order valence-corrected chi connectivity index (χ2v) is 5.64. The number of amides is 2. The summed E-state index contributed by atoms with van der Waals surface area (Å²) in [6.07, 6.45) is 5.05. The van der Waals surface area contributed by atoms with E-state index in [4.69, 9.17) is 5.26 Å². The first-order valence-electron chi connectivity index (χ1n) is 6.77. The Labute approximate surface area is 116 Å². The first-order valence-corrected chi connectivity index (χ1v) is 6.77. The fraction of sp³-hybridized carbons (Fsp3) is 0.312. The van der Waals surface area contributed by atoms with Crippen LogP contribution in [0, 0.1) is 35.0 Å². The van der Waals surface area contributed by atoms with Crippen molar-refractivity contribution in [1.29, 1.82) is 5.26 Å². The molecule has 4 atom stereocenters. The molecule has 1 aromatic carbocycles. The zero-order chi connectivity index (χ0) is 13.9. The number of nitrogens with zero attached hydrogens (tertiary/aromatic N) is 2. The number of nitriles is 1. The maximum absolute atomic E-state index is 12.6. The topological polar surface area (TPSA) is 61.2 Å². The van der Waals surface area contributed by atoms with Gasteiger partial charge in [-0.25, -0.2) is 4.90 Å². The number of hydrogen-bond donors (Lipinski definition) is 0. The third-order valence-electron chi connectivity index (χ3n) is 4.74. The molecule has 2 aliphatic carbocycles. The molecule has 1 aliphatic heterocycles. The number of imide groups is 1. The molecule has 0 aromatic heterocycles. The monoisotopic (exact) mass is 264 g/mol. The van der Waals surface area contributed by atoms with Crippen molar-refractivity contribution in [2.45, 2.75) is 6.42 Å². The average Bonchev–Trinajstić information content (AvgIpc) is 3.13. The highest BCUT2D eigenvalue weighted by Crippen LogP contribution is 2.53. The number of rotatable bonds is 1. The Kier molecular flexibility index (Phi) is 2.17. The molecule has 1 aromatic rings. The van der Waals surface area contributed by atoms with E-state index in [2.05, 4.69) is 18.2 Å². The molecule has 2 amide bonds. The lowest BCUT2D eigenvalue weighted by atomic mass is 9.85. The summed E-state index contributed by atoms with van der Waals surface area (Å²) in [4.78, 5) is 26.5. The standard InChI is InChI=1S/C16H12N2O2/c17-8-11-3-1-2-4-12(11)18-15(19)13-9-5-6-10(7-9)14(13)16(18)20/h1-6,9-10,13-14H,7H2/t9-,10-,13-,14-/m0/s1. The van der Waals surface area contributed by atoms with Crippen LogP contribution in [0.15, 0.2) is 36.4 Å². The fourth-order valence-corrected chi connectivity index (χ4v) is 3.90. The van der Waals surface area contributed by atoms with E-state index in [1.54, 1.807) is 24.3 Å². The third-order valence-corrected chi connectivity index (χ3v) is 4.74. The molecule has 2 fully saturated rings. The molecule has 4 heteroatoms. The second-order valence-electron chi connectivity index (χ2n) is 5.64. The molecule has 0 unspecified atom stereocenters. The first kappa shape index (κ1) is 11.4. The van der Waals surface area contributed by atoms with Crippen molar-refractivity contribution in [2.24, 2.45) is 23.7 Å². The van der Waals surface area contributed by atoms with Crippen LogP contribution in [0.5, 0.6) is 0 Å². The van der Waals surface area contributed by atoms with Crippen LogP contribution in [0.4, 0.5) is 5.69 Å². The Bertz CT molecular complexity index is 671. The Balaban J connectivity index is 1.81. The summed E-state index contributed by atoms with van der Waals surface area (Å²) < 4.78 is 0. The Morgan fingerprint density at radius 2 is 1.65 bits per heavy atom. The average molecular weight is 264 g/mol. The number of fused-ring (bicyclic) bond motifs is 5. The van der Waals surface area contributed by atoms with Gasteiger partial charge in [0.15, 0.2) is 0 Å². The maximum atomic E-state index is 12.6. The van der Waals surface area contributed by atoms with Gasteiger partial charge in [0, 0.05) is 0 Å². The lowest BCUT2D eigenvalue weighted by molar-refractivity contribution is -0.123.